The Morgan fingerprint density at radius 3 is 2.08 bits per heavy atom. The van der Waals surface area contributed by atoms with Gasteiger partial charge in [0.05, 0.1) is 6.10 Å². The van der Waals surface area contributed by atoms with Crippen molar-refractivity contribution in [3.05, 3.63) is 0 Å². The summed E-state index contributed by atoms with van der Waals surface area (Å²) in [4.78, 5) is 2.32. The second-order valence-corrected chi connectivity index (χ2v) is 3.42. The van der Waals surface area contributed by atoms with Gasteiger partial charge in [0, 0.05) is 11.9 Å². The molecular formula is C9H21Cl2NO. The largest absolute Gasteiger partial charge is 0.392 e. The molecule has 13 heavy (non-hydrogen) atoms. The van der Waals surface area contributed by atoms with Crippen LogP contribution in [-0.2, 0) is 0 Å². The first-order valence-electron chi connectivity index (χ1n) is 4.63. The molecule has 0 aliphatic rings. The van der Waals surface area contributed by atoms with Crippen LogP contribution in [0.15, 0.2) is 0 Å². The van der Waals surface area contributed by atoms with Crippen LogP contribution in [0.25, 0.3) is 0 Å². The van der Waals surface area contributed by atoms with E-state index in [4.69, 9.17) is 11.6 Å². The second kappa shape index (κ2) is 9.07. The molecular weight excluding hydrogens is 209 g/mol. The molecule has 0 amide bonds. The van der Waals surface area contributed by atoms with Gasteiger partial charge in [-0.05, 0) is 26.4 Å². The third-order valence-electron chi connectivity index (χ3n) is 2.23. The minimum absolute atomic E-state index is 0. The van der Waals surface area contributed by atoms with Gasteiger partial charge in [0.2, 0.25) is 0 Å². The molecule has 2 atom stereocenters. The van der Waals surface area contributed by atoms with Crippen LogP contribution in [0.3, 0.4) is 0 Å². The zero-order valence-corrected chi connectivity index (χ0v) is 10.2. The van der Waals surface area contributed by atoms with Crippen molar-refractivity contribution in [2.24, 2.45) is 0 Å². The van der Waals surface area contributed by atoms with Gasteiger partial charge in [-0.3, -0.25) is 0 Å². The van der Waals surface area contributed by atoms with Crippen LogP contribution in [0, 0.1) is 0 Å². The molecule has 0 aromatic rings. The Balaban J connectivity index is 0. The summed E-state index contributed by atoms with van der Waals surface area (Å²) in [6, 6.07) is 0.425. The molecule has 2 unspecified atom stereocenters. The molecule has 0 rings (SSSR count). The zero-order valence-electron chi connectivity index (χ0n) is 8.66. The summed E-state index contributed by atoms with van der Waals surface area (Å²) in [5.41, 5.74) is 0. The van der Waals surface area contributed by atoms with Crippen LogP contribution in [0.5, 0.6) is 0 Å². The van der Waals surface area contributed by atoms with Gasteiger partial charge >= 0.3 is 0 Å². The van der Waals surface area contributed by atoms with Crippen molar-refractivity contribution in [1.29, 1.82) is 0 Å². The highest BCUT2D eigenvalue weighted by Crippen LogP contribution is 2.07. The smallest absolute Gasteiger partial charge is 0.0690 e. The van der Waals surface area contributed by atoms with Crippen molar-refractivity contribution in [2.75, 3.05) is 19.0 Å². The molecule has 0 bridgehead atoms. The van der Waals surface area contributed by atoms with Crippen LogP contribution in [0.4, 0.5) is 0 Å². The summed E-state index contributed by atoms with van der Waals surface area (Å²) in [6.45, 7) is 8.46. The highest BCUT2D eigenvalue weighted by molar-refractivity contribution is 6.18. The number of halogens is 2. The number of hydrogen-bond acceptors (Lipinski definition) is 2. The number of alkyl halides is 1. The second-order valence-electron chi connectivity index (χ2n) is 3.11. The van der Waals surface area contributed by atoms with Gasteiger partial charge in [-0.1, -0.05) is 13.8 Å². The van der Waals surface area contributed by atoms with Crippen molar-refractivity contribution >= 4 is 24.0 Å². The van der Waals surface area contributed by atoms with E-state index >= 15 is 0 Å². The fourth-order valence-corrected chi connectivity index (χ4v) is 1.58. The summed E-state index contributed by atoms with van der Waals surface area (Å²) >= 11 is 5.52. The van der Waals surface area contributed by atoms with E-state index in [1.807, 2.05) is 0 Å². The molecule has 0 aromatic heterocycles. The first kappa shape index (κ1) is 15.9. The van der Waals surface area contributed by atoms with Crippen molar-refractivity contribution < 1.29 is 5.11 Å². The molecule has 0 saturated heterocycles. The molecule has 0 heterocycles. The molecule has 0 aromatic carbocycles. The summed E-state index contributed by atoms with van der Waals surface area (Å²) in [5.74, 6) is 0.339. The van der Waals surface area contributed by atoms with Crippen LogP contribution in [0.1, 0.15) is 27.2 Å². The van der Waals surface area contributed by atoms with E-state index in [9.17, 15) is 5.11 Å². The maximum absolute atomic E-state index is 9.31. The Morgan fingerprint density at radius 2 is 1.77 bits per heavy atom. The van der Waals surface area contributed by atoms with E-state index in [0.717, 1.165) is 19.5 Å². The quantitative estimate of drug-likeness (QED) is 0.706. The first-order chi connectivity index (χ1) is 5.65. The Hall–Kier alpha value is 0.500. The first-order valence-corrected chi connectivity index (χ1v) is 5.17. The topological polar surface area (TPSA) is 23.5 Å². The van der Waals surface area contributed by atoms with E-state index in [1.54, 1.807) is 0 Å². The molecule has 0 radical (unpaired) electrons. The van der Waals surface area contributed by atoms with Gasteiger partial charge in [-0.2, -0.15) is 0 Å². The number of rotatable bonds is 6. The van der Waals surface area contributed by atoms with Gasteiger partial charge < -0.3 is 10.0 Å². The van der Waals surface area contributed by atoms with Crippen LogP contribution < -0.4 is 0 Å². The average molecular weight is 230 g/mol. The lowest BCUT2D eigenvalue weighted by atomic mass is 10.1. The fraction of sp³-hybridized carbons (Fsp3) is 1.00. The molecule has 2 nitrogen and oxygen atoms in total. The molecule has 4 heteroatoms. The lowest BCUT2D eigenvalue weighted by Gasteiger charge is -2.27. The minimum Gasteiger partial charge on any atom is -0.392 e. The number of aliphatic hydroxyl groups excluding tert-OH is 1. The lowest BCUT2D eigenvalue weighted by Crippen LogP contribution is -2.35. The lowest BCUT2D eigenvalue weighted by molar-refractivity contribution is 0.128. The number of nitrogens with zero attached hydrogens (tertiary/aromatic N) is 1. The van der Waals surface area contributed by atoms with Crippen molar-refractivity contribution in [1.82, 2.24) is 4.90 Å². The van der Waals surface area contributed by atoms with Crippen molar-refractivity contribution in [2.45, 2.75) is 39.3 Å². The minimum atomic E-state index is -0.359. The molecule has 0 saturated carbocycles. The number of hydrogen-bond donors (Lipinski definition) is 1. The third-order valence-corrected chi connectivity index (χ3v) is 2.58. The Bertz CT molecular complexity index is 110. The monoisotopic (exact) mass is 229 g/mol. The molecule has 0 aliphatic heterocycles. The summed E-state index contributed by atoms with van der Waals surface area (Å²) in [6.07, 6.45) is 0.410. The standard InChI is InChI=1S/C9H20ClNO.ClH/c1-4-11(5-2)8(3)6-9(12)7-10;/h8-9,12H,4-7H2,1-3H3;1H. The Kier molecular flexibility index (Phi) is 11.1. The van der Waals surface area contributed by atoms with Gasteiger partial charge in [0.1, 0.15) is 0 Å². The maximum Gasteiger partial charge on any atom is 0.0690 e. The Labute approximate surface area is 92.7 Å². The summed E-state index contributed by atoms with van der Waals surface area (Å²) < 4.78 is 0. The predicted molar refractivity (Wildman–Crippen MR) is 61.0 cm³/mol. The van der Waals surface area contributed by atoms with E-state index in [2.05, 4.69) is 25.7 Å². The van der Waals surface area contributed by atoms with Crippen LogP contribution >= 0.6 is 24.0 Å². The fourth-order valence-electron chi connectivity index (χ4n) is 1.45. The highest BCUT2D eigenvalue weighted by Gasteiger charge is 2.13. The zero-order chi connectivity index (χ0) is 9.56. The molecule has 0 aliphatic carbocycles. The molecule has 1 N–H and O–H groups in total. The highest BCUT2D eigenvalue weighted by atomic mass is 35.5. The summed E-state index contributed by atoms with van der Waals surface area (Å²) in [7, 11) is 0. The van der Waals surface area contributed by atoms with Crippen molar-refractivity contribution in [3.63, 3.8) is 0 Å². The number of aliphatic hydroxyl groups is 1. The Morgan fingerprint density at radius 1 is 1.31 bits per heavy atom. The average Bonchev–Trinajstić information content (AvgIpc) is 2.06. The van der Waals surface area contributed by atoms with Gasteiger partial charge in [0.25, 0.3) is 0 Å². The van der Waals surface area contributed by atoms with Gasteiger partial charge in [-0.25, -0.2) is 0 Å². The van der Waals surface area contributed by atoms with Crippen molar-refractivity contribution in [3.8, 4) is 0 Å². The van der Waals surface area contributed by atoms with Gasteiger partial charge in [0.15, 0.2) is 0 Å². The SMILES string of the molecule is CCN(CC)C(C)CC(O)CCl.Cl. The van der Waals surface area contributed by atoms with Crippen LogP contribution in [-0.4, -0.2) is 41.1 Å². The predicted octanol–water partition coefficient (Wildman–Crippen LogP) is 2.13. The molecule has 0 spiro atoms. The maximum atomic E-state index is 9.31. The molecule has 0 fully saturated rings. The summed E-state index contributed by atoms with van der Waals surface area (Å²) in [5, 5.41) is 9.31. The van der Waals surface area contributed by atoms with E-state index < -0.39 is 0 Å². The van der Waals surface area contributed by atoms with Gasteiger partial charge in [-0.15, -0.1) is 24.0 Å². The normalized spacial score (nSPS) is 15.2. The molecule has 82 valence electrons. The van der Waals surface area contributed by atoms with E-state index in [1.165, 1.54) is 0 Å². The van der Waals surface area contributed by atoms with E-state index in [0.29, 0.717) is 11.9 Å². The van der Waals surface area contributed by atoms with Crippen LogP contribution in [0.2, 0.25) is 0 Å². The third kappa shape index (κ3) is 6.55. The van der Waals surface area contributed by atoms with E-state index in [-0.39, 0.29) is 18.5 Å².